The monoisotopic (exact) mass is 567 g/mol. The molecule has 4 aromatic carbocycles. The Morgan fingerprint density at radius 1 is 0.756 bits per heavy atom. The number of methoxy groups -OCH3 is 1. The van der Waals surface area contributed by atoms with E-state index >= 15 is 0 Å². The summed E-state index contributed by atoms with van der Waals surface area (Å²) in [7, 11) is 6.61. The van der Waals surface area contributed by atoms with Crippen LogP contribution in [-0.4, -0.2) is 28.0 Å². The Hall–Kier alpha value is -3.13. The van der Waals surface area contributed by atoms with Gasteiger partial charge in [0.15, 0.2) is 6.79 Å². The quantitative estimate of drug-likeness (QED) is 0.106. The first-order chi connectivity index (χ1) is 20.0. The van der Waals surface area contributed by atoms with Crippen LogP contribution >= 0.6 is 8.58 Å². The third-order valence-corrected chi connectivity index (χ3v) is 9.91. The van der Waals surface area contributed by atoms with Gasteiger partial charge in [-0.3, -0.25) is 0 Å². The number of benzene rings is 4. The maximum Gasteiger partial charge on any atom is 0.188 e. The third-order valence-electron chi connectivity index (χ3n) is 7.87. The molecule has 0 aromatic heterocycles. The molecule has 4 heteroatoms. The van der Waals surface area contributed by atoms with E-state index in [4.69, 9.17) is 9.47 Å². The Kier molecular flexibility index (Phi) is 11.4. The van der Waals surface area contributed by atoms with Crippen molar-refractivity contribution in [3.05, 3.63) is 125 Å². The van der Waals surface area contributed by atoms with Crippen molar-refractivity contribution in [2.24, 2.45) is 0 Å². The molecule has 0 aliphatic carbocycles. The number of rotatable bonds is 15. The van der Waals surface area contributed by atoms with Gasteiger partial charge >= 0.3 is 0 Å². The predicted octanol–water partition coefficient (Wildman–Crippen LogP) is 8.72. The zero-order valence-corrected chi connectivity index (χ0v) is 26.5. The minimum atomic E-state index is -0.0522. The lowest BCUT2D eigenvalue weighted by Gasteiger charge is -2.37. The molecule has 0 N–H and O–H groups in total. The van der Waals surface area contributed by atoms with Crippen LogP contribution in [0.4, 0.5) is 5.69 Å². The van der Waals surface area contributed by atoms with E-state index in [1.54, 1.807) is 7.11 Å². The molecule has 0 amide bonds. The molecule has 0 aliphatic heterocycles. The van der Waals surface area contributed by atoms with Crippen molar-refractivity contribution in [2.45, 2.75) is 57.5 Å². The van der Waals surface area contributed by atoms with E-state index in [0.29, 0.717) is 8.58 Å². The van der Waals surface area contributed by atoms with E-state index in [1.165, 1.54) is 45.2 Å². The molecular weight excluding hydrogens is 521 g/mol. The average molecular weight is 568 g/mol. The minimum Gasteiger partial charge on any atom is -0.467 e. The van der Waals surface area contributed by atoms with Crippen molar-refractivity contribution >= 4 is 19.6 Å². The Bertz CT molecular complexity index is 1360. The molecule has 41 heavy (non-hydrogen) atoms. The van der Waals surface area contributed by atoms with Gasteiger partial charge in [0.05, 0.1) is 0 Å². The summed E-state index contributed by atoms with van der Waals surface area (Å²) in [4.78, 5) is 2.25. The van der Waals surface area contributed by atoms with E-state index in [2.05, 4.69) is 130 Å². The average Bonchev–Trinajstić information content (AvgIpc) is 3.00. The molecule has 0 saturated heterocycles. The fourth-order valence-electron chi connectivity index (χ4n) is 5.71. The maximum absolute atomic E-state index is 6.57. The third kappa shape index (κ3) is 8.00. The van der Waals surface area contributed by atoms with Gasteiger partial charge in [-0.1, -0.05) is 126 Å². The topological polar surface area (TPSA) is 21.7 Å². The first-order valence-electron chi connectivity index (χ1n) is 14.9. The van der Waals surface area contributed by atoms with E-state index in [1.807, 2.05) is 0 Å². The highest BCUT2D eigenvalue weighted by atomic mass is 31.1. The van der Waals surface area contributed by atoms with Gasteiger partial charge in [0, 0.05) is 44.0 Å². The highest BCUT2D eigenvalue weighted by Crippen LogP contribution is 2.53. The molecule has 0 radical (unpaired) electrons. The van der Waals surface area contributed by atoms with Gasteiger partial charge in [-0.05, 0) is 52.9 Å². The summed E-state index contributed by atoms with van der Waals surface area (Å²) in [6.07, 6.45) is 6.20. The van der Waals surface area contributed by atoms with E-state index in [9.17, 15) is 0 Å². The summed E-state index contributed by atoms with van der Waals surface area (Å²) in [6.45, 7) is 4.89. The number of hydrogen-bond acceptors (Lipinski definition) is 3. The lowest BCUT2D eigenvalue weighted by atomic mass is 9.85. The largest absolute Gasteiger partial charge is 0.467 e. The van der Waals surface area contributed by atoms with Crippen molar-refractivity contribution < 1.29 is 9.47 Å². The molecule has 0 saturated carbocycles. The Labute approximate surface area is 249 Å². The maximum atomic E-state index is 6.57. The molecule has 2 atom stereocenters. The molecule has 3 nitrogen and oxygen atoms in total. The van der Waals surface area contributed by atoms with Gasteiger partial charge in [-0.15, -0.1) is 0 Å². The molecule has 0 fully saturated rings. The van der Waals surface area contributed by atoms with Crippen LogP contribution in [0, 0.1) is 0 Å². The Morgan fingerprint density at radius 3 is 2.00 bits per heavy atom. The van der Waals surface area contributed by atoms with Crippen molar-refractivity contribution in [2.75, 3.05) is 32.9 Å². The standard InChI is InChI=1S/C37H46NO2P/c1-6-8-23-37(7-2,41-35-22-16-15-21-34(35)38(3)4)33-27-31(24-29-17-11-9-12-18-29)26-32(36(33)40-28-39-5)25-30-19-13-10-14-20-30/h9-22,26-27,41H,6-8,23-25,28H2,1-5H3. The van der Waals surface area contributed by atoms with Gasteiger partial charge < -0.3 is 14.4 Å². The number of anilines is 1. The molecule has 4 aromatic rings. The molecule has 0 bridgehead atoms. The molecule has 0 heterocycles. The van der Waals surface area contributed by atoms with Crippen LogP contribution in [0.1, 0.15) is 67.3 Å². The lowest BCUT2D eigenvalue weighted by molar-refractivity contribution is 0.0492. The van der Waals surface area contributed by atoms with Crippen molar-refractivity contribution in [1.29, 1.82) is 0 Å². The second-order valence-corrected chi connectivity index (χ2v) is 12.8. The number of nitrogens with zero attached hydrogens (tertiary/aromatic N) is 1. The zero-order valence-electron chi connectivity index (χ0n) is 25.5. The van der Waals surface area contributed by atoms with Gasteiger partial charge in [-0.25, -0.2) is 0 Å². The SMILES string of the molecule is CCCCC(CC)(Pc1ccccc1N(C)C)c1cc(Cc2ccccc2)cc(Cc2ccccc2)c1OCOC. The summed E-state index contributed by atoms with van der Waals surface area (Å²) in [5, 5.41) is 1.36. The van der Waals surface area contributed by atoms with Gasteiger partial charge in [0.2, 0.25) is 0 Å². The van der Waals surface area contributed by atoms with E-state index in [0.717, 1.165) is 37.9 Å². The predicted molar refractivity (Wildman–Crippen MR) is 178 cm³/mol. The summed E-state index contributed by atoms with van der Waals surface area (Å²) >= 11 is 0. The Morgan fingerprint density at radius 2 is 1.39 bits per heavy atom. The fraction of sp³-hybridized carbons (Fsp3) is 0.351. The van der Waals surface area contributed by atoms with Crippen LogP contribution in [0.3, 0.4) is 0 Å². The summed E-state index contributed by atoms with van der Waals surface area (Å²) in [6, 6.07) is 35.3. The van der Waals surface area contributed by atoms with Crippen LogP contribution in [0.15, 0.2) is 97.1 Å². The normalized spacial score (nSPS) is 12.9. The van der Waals surface area contributed by atoms with Crippen LogP contribution in [-0.2, 0) is 22.7 Å². The molecule has 0 aliphatic rings. The van der Waals surface area contributed by atoms with E-state index in [-0.39, 0.29) is 11.9 Å². The molecule has 2 unspecified atom stereocenters. The summed E-state index contributed by atoms with van der Waals surface area (Å²) < 4.78 is 12.1. The minimum absolute atomic E-state index is 0.0522. The van der Waals surface area contributed by atoms with Crippen LogP contribution in [0.2, 0.25) is 0 Å². The molecule has 0 spiro atoms. The van der Waals surface area contributed by atoms with Gasteiger partial charge in [0.25, 0.3) is 0 Å². The number of para-hydroxylation sites is 1. The summed E-state index contributed by atoms with van der Waals surface area (Å²) in [5.41, 5.74) is 7.80. The van der Waals surface area contributed by atoms with Crippen LogP contribution < -0.4 is 14.9 Å². The molecule has 4 rings (SSSR count). The second-order valence-electron chi connectivity index (χ2n) is 11.1. The van der Waals surface area contributed by atoms with Crippen molar-refractivity contribution in [3.8, 4) is 5.75 Å². The highest BCUT2D eigenvalue weighted by molar-refractivity contribution is 7.49. The summed E-state index contributed by atoms with van der Waals surface area (Å²) in [5.74, 6) is 1.00. The zero-order chi connectivity index (χ0) is 29.1. The van der Waals surface area contributed by atoms with Crippen LogP contribution in [0.5, 0.6) is 5.75 Å². The van der Waals surface area contributed by atoms with Crippen molar-refractivity contribution in [1.82, 2.24) is 0 Å². The molecule has 216 valence electrons. The number of ether oxygens (including phenoxy) is 2. The fourth-order valence-corrected chi connectivity index (χ4v) is 7.63. The van der Waals surface area contributed by atoms with Gasteiger partial charge in [0.1, 0.15) is 5.75 Å². The second kappa shape index (κ2) is 15.2. The lowest BCUT2D eigenvalue weighted by Crippen LogP contribution is -2.27. The van der Waals surface area contributed by atoms with Crippen molar-refractivity contribution in [3.63, 3.8) is 0 Å². The van der Waals surface area contributed by atoms with Crippen LogP contribution in [0.25, 0.3) is 0 Å². The van der Waals surface area contributed by atoms with E-state index < -0.39 is 0 Å². The first kappa shape index (κ1) is 30.8. The first-order valence-corrected chi connectivity index (χ1v) is 15.9. The number of hydrogen-bond donors (Lipinski definition) is 0. The molecular formula is C37H46NO2P. The highest BCUT2D eigenvalue weighted by Gasteiger charge is 2.35. The van der Waals surface area contributed by atoms with Gasteiger partial charge in [-0.2, -0.15) is 0 Å². The smallest absolute Gasteiger partial charge is 0.188 e. The number of unbranched alkanes of at least 4 members (excludes halogenated alkanes) is 1. The Balaban J connectivity index is 1.94.